The van der Waals surface area contributed by atoms with E-state index in [4.69, 9.17) is 0 Å². The zero-order chi connectivity index (χ0) is 13.9. The number of nitrogens with zero attached hydrogens (tertiary/aromatic N) is 2. The van der Waals surface area contributed by atoms with Crippen molar-refractivity contribution >= 4 is 21.6 Å². The number of halogens is 1. The molecule has 1 aliphatic heterocycles. The maximum absolute atomic E-state index is 12.2. The largest absolute Gasteiger partial charge is 0.381 e. The van der Waals surface area contributed by atoms with Crippen molar-refractivity contribution in [3.63, 3.8) is 0 Å². The van der Waals surface area contributed by atoms with E-state index in [1.807, 2.05) is 0 Å². The van der Waals surface area contributed by atoms with E-state index in [2.05, 4.69) is 31.7 Å². The predicted molar refractivity (Wildman–Crippen MR) is 83.1 cm³/mol. The van der Waals surface area contributed by atoms with Gasteiger partial charge in [0, 0.05) is 19.1 Å². The standard InChI is InChI=1S/C14H21BrN4O/c15-13-12(17-7-11-3-1-2-6-16-11)8-18-19(14(13)20)9-10-4-5-10/h8,10-11,16-17H,1-7,9H2. The summed E-state index contributed by atoms with van der Waals surface area (Å²) in [6.07, 6.45) is 7.94. The molecule has 1 aromatic heterocycles. The summed E-state index contributed by atoms with van der Waals surface area (Å²) >= 11 is 3.41. The van der Waals surface area contributed by atoms with Crippen LogP contribution in [0, 0.1) is 5.92 Å². The van der Waals surface area contributed by atoms with Crippen LogP contribution >= 0.6 is 15.9 Å². The molecular formula is C14H21BrN4O. The molecule has 0 aromatic carbocycles. The third kappa shape index (κ3) is 3.41. The first kappa shape index (κ1) is 14.1. The van der Waals surface area contributed by atoms with Crippen LogP contribution in [0.15, 0.2) is 15.5 Å². The molecule has 110 valence electrons. The molecule has 1 aromatic rings. The number of aromatic nitrogens is 2. The second kappa shape index (κ2) is 6.26. The van der Waals surface area contributed by atoms with Gasteiger partial charge >= 0.3 is 0 Å². The SMILES string of the molecule is O=c1c(Br)c(NCC2CCCCN2)cnn1CC1CC1. The van der Waals surface area contributed by atoms with Crippen LogP contribution in [-0.2, 0) is 6.54 Å². The average molecular weight is 341 g/mol. The fraction of sp³-hybridized carbons (Fsp3) is 0.714. The van der Waals surface area contributed by atoms with Gasteiger partial charge in [-0.15, -0.1) is 0 Å². The van der Waals surface area contributed by atoms with E-state index in [1.54, 1.807) is 10.9 Å². The molecule has 1 unspecified atom stereocenters. The number of anilines is 1. The van der Waals surface area contributed by atoms with Gasteiger partial charge in [-0.2, -0.15) is 5.10 Å². The highest BCUT2D eigenvalue weighted by atomic mass is 79.9. The van der Waals surface area contributed by atoms with Crippen LogP contribution in [0.5, 0.6) is 0 Å². The van der Waals surface area contributed by atoms with Crippen LogP contribution in [0.1, 0.15) is 32.1 Å². The molecule has 0 amide bonds. The summed E-state index contributed by atoms with van der Waals surface area (Å²) in [6.45, 7) is 2.68. The summed E-state index contributed by atoms with van der Waals surface area (Å²) in [7, 11) is 0. The summed E-state index contributed by atoms with van der Waals surface area (Å²) in [5.74, 6) is 0.650. The highest BCUT2D eigenvalue weighted by Crippen LogP contribution is 2.30. The van der Waals surface area contributed by atoms with Crippen molar-refractivity contribution < 1.29 is 0 Å². The third-order valence-electron chi connectivity index (χ3n) is 4.06. The lowest BCUT2D eigenvalue weighted by atomic mass is 10.1. The van der Waals surface area contributed by atoms with Crippen molar-refractivity contribution in [2.75, 3.05) is 18.4 Å². The van der Waals surface area contributed by atoms with E-state index in [1.165, 1.54) is 32.1 Å². The van der Waals surface area contributed by atoms with Gasteiger partial charge in [0.25, 0.3) is 5.56 Å². The van der Waals surface area contributed by atoms with E-state index >= 15 is 0 Å². The molecule has 1 saturated carbocycles. The molecule has 0 spiro atoms. The Morgan fingerprint density at radius 2 is 2.25 bits per heavy atom. The monoisotopic (exact) mass is 340 g/mol. The van der Waals surface area contributed by atoms with Crippen molar-refractivity contribution in [3.05, 3.63) is 21.0 Å². The van der Waals surface area contributed by atoms with E-state index < -0.39 is 0 Å². The summed E-state index contributed by atoms with van der Waals surface area (Å²) in [5, 5.41) is 11.1. The highest BCUT2D eigenvalue weighted by molar-refractivity contribution is 9.10. The Bertz CT molecular complexity index is 520. The normalized spacial score (nSPS) is 22.8. The fourth-order valence-electron chi connectivity index (χ4n) is 2.59. The van der Waals surface area contributed by atoms with Crippen LogP contribution in [0.4, 0.5) is 5.69 Å². The van der Waals surface area contributed by atoms with Crippen LogP contribution in [0.25, 0.3) is 0 Å². The number of hydrogen-bond donors (Lipinski definition) is 2. The lowest BCUT2D eigenvalue weighted by Crippen LogP contribution is -2.39. The van der Waals surface area contributed by atoms with Crippen molar-refractivity contribution in [2.45, 2.75) is 44.7 Å². The summed E-state index contributed by atoms with van der Waals surface area (Å²) in [4.78, 5) is 12.2. The molecule has 3 rings (SSSR count). The minimum absolute atomic E-state index is 0.0292. The number of rotatable bonds is 5. The van der Waals surface area contributed by atoms with Crippen LogP contribution < -0.4 is 16.2 Å². The zero-order valence-electron chi connectivity index (χ0n) is 11.6. The average Bonchev–Trinajstić information content (AvgIpc) is 3.28. The molecule has 0 radical (unpaired) electrons. The molecule has 2 aliphatic rings. The Morgan fingerprint density at radius 3 is 2.95 bits per heavy atom. The van der Waals surface area contributed by atoms with Gasteiger partial charge in [-0.1, -0.05) is 6.42 Å². The van der Waals surface area contributed by atoms with E-state index in [0.29, 0.717) is 16.4 Å². The van der Waals surface area contributed by atoms with Gasteiger partial charge in [-0.25, -0.2) is 4.68 Å². The Hall–Kier alpha value is -0.880. The van der Waals surface area contributed by atoms with Gasteiger partial charge in [0.15, 0.2) is 0 Å². The molecule has 20 heavy (non-hydrogen) atoms. The van der Waals surface area contributed by atoms with Crippen LogP contribution in [0.3, 0.4) is 0 Å². The minimum Gasteiger partial charge on any atom is -0.381 e. The number of nitrogens with one attached hydrogen (secondary N) is 2. The first-order chi connectivity index (χ1) is 9.74. The van der Waals surface area contributed by atoms with Gasteiger partial charge in [-0.3, -0.25) is 4.79 Å². The summed E-state index contributed by atoms with van der Waals surface area (Å²) < 4.78 is 2.18. The molecule has 6 heteroatoms. The first-order valence-electron chi connectivity index (χ1n) is 7.47. The molecule has 1 saturated heterocycles. The fourth-order valence-corrected chi connectivity index (χ4v) is 3.04. The van der Waals surface area contributed by atoms with Crippen LogP contribution in [0.2, 0.25) is 0 Å². The molecule has 1 atom stereocenters. The lowest BCUT2D eigenvalue weighted by molar-refractivity contribution is 0.414. The molecule has 1 aliphatic carbocycles. The predicted octanol–water partition coefficient (Wildman–Crippen LogP) is 1.97. The van der Waals surface area contributed by atoms with E-state index in [-0.39, 0.29) is 5.56 Å². The number of hydrogen-bond acceptors (Lipinski definition) is 4. The summed E-state index contributed by atoms with van der Waals surface area (Å²) in [6, 6.07) is 0.490. The van der Waals surface area contributed by atoms with Crippen molar-refractivity contribution in [1.29, 1.82) is 0 Å². The second-order valence-electron chi connectivity index (χ2n) is 5.83. The van der Waals surface area contributed by atoms with Gasteiger partial charge < -0.3 is 10.6 Å². The summed E-state index contributed by atoms with van der Waals surface area (Å²) in [5.41, 5.74) is 0.771. The smallest absolute Gasteiger partial charge is 0.283 e. The Labute approximate surface area is 127 Å². The molecule has 2 heterocycles. The lowest BCUT2D eigenvalue weighted by Gasteiger charge is -2.24. The molecule has 0 bridgehead atoms. The molecule has 2 fully saturated rings. The quantitative estimate of drug-likeness (QED) is 0.860. The molecule has 2 N–H and O–H groups in total. The highest BCUT2D eigenvalue weighted by Gasteiger charge is 2.23. The minimum atomic E-state index is -0.0292. The Morgan fingerprint density at radius 1 is 1.40 bits per heavy atom. The van der Waals surface area contributed by atoms with Gasteiger partial charge in [-0.05, 0) is 54.1 Å². The maximum Gasteiger partial charge on any atom is 0.283 e. The third-order valence-corrected chi connectivity index (χ3v) is 4.83. The van der Waals surface area contributed by atoms with Crippen molar-refractivity contribution in [1.82, 2.24) is 15.1 Å². The maximum atomic E-state index is 12.2. The first-order valence-corrected chi connectivity index (χ1v) is 8.26. The van der Waals surface area contributed by atoms with Crippen molar-refractivity contribution in [2.24, 2.45) is 5.92 Å². The van der Waals surface area contributed by atoms with Crippen LogP contribution in [-0.4, -0.2) is 28.9 Å². The van der Waals surface area contributed by atoms with E-state index in [9.17, 15) is 4.79 Å². The zero-order valence-corrected chi connectivity index (χ0v) is 13.2. The second-order valence-corrected chi connectivity index (χ2v) is 6.62. The topological polar surface area (TPSA) is 59.0 Å². The van der Waals surface area contributed by atoms with Gasteiger partial charge in [0.05, 0.1) is 11.9 Å². The van der Waals surface area contributed by atoms with E-state index in [0.717, 1.165) is 25.3 Å². The Kier molecular flexibility index (Phi) is 4.41. The van der Waals surface area contributed by atoms with Gasteiger partial charge in [0.2, 0.25) is 0 Å². The molecule has 5 nitrogen and oxygen atoms in total. The number of piperidine rings is 1. The van der Waals surface area contributed by atoms with Gasteiger partial charge in [0.1, 0.15) is 4.47 Å². The molecular weight excluding hydrogens is 320 g/mol. The Balaban J connectivity index is 1.63. The van der Waals surface area contributed by atoms with Crippen molar-refractivity contribution in [3.8, 4) is 0 Å².